The van der Waals surface area contributed by atoms with E-state index in [1.807, 2.05) is 13.0 Å². The molecule has 0 radical (unpaired) electrons. The van der Waals surface area contributed by atoms with Crippen molar-refractivity contribution in [1.82, 2.24) is 0 Å². The molecule has 1 rings (SSSR count). The van der Waals surface area contributed by atoms with Crippen LogP contribution in [-0.4, -0.2) is 5.78 Å². The fraction of sp³-hybridized carbons (Fsp3) is 0.643. The molecule has 0 heterocycles. The number of hydrogen-bond acceptors (Lipinski definition) is 1. The van der Waals surface area contributed by atoms with Gasteiger partial charge in [0.1, 0.15) is 0 Å². The summed E-state index contributed by atoms with van der Waals surface area (Å²) >= 11 is 0. The van der Waals surface area contributed by atoms with Gasteiger partial charge in [0.15, 0.2) is 5.78 Å². The van der Waals surface area contributed by atoms with Crippen molar-refractivity contribution < 1.29 is 4.79 Å². The molecule has 84 valence electrons. The zero-order chi connectivity index (χ0) is 11.4. The van der Waals surface area contributed by atoms with Crippen molar-refractivity contribution in [2.75, 3.05) is 0 Å². The predicted molar refractivity (Wildman–Crippen MR) is 64.6 cm³/mol. The summed E-state index contributed by atoms with van der Waals surface area (Å²) in [5.41, 5.74) is 1.26. The summed E-state index contributed by atoms with van der Waals surface area (Å²) in [7, 11) is 0. The molecule has 0 saturated heterocycles. The molecule has 0 bridgehead atoms. The molecule has 1 aliphatic carbocycles. The second-order valence-electron chi connectivity index (χ2n) is 4.88. The maximum absolute atomic E-state index is 11.8. The van der Waals surface area contributed by atoms with Gasteiger partial charge in [-0.25, -0.2) is 0 Å². The van der Waals surface area contributed by atoms with E-state index in [1.165, 1.54) is 5.57 Å². The van der Waals surface area contributed by atoms with Crippen LogP contribution in [-0.2, 0) is 4.79 Å². The zero-order valence-corrected chi connectivity index (χ0v) is 10.3. The number of hydrogen-bond donors (Lipinski definition) is 0. The highest BCUT2D eigenvalue weighted by Gasteiger charge is 2.27. The number of rotatable bonds is 3. The van der Waals surface area contributed by atoms with Crippen LogP contribution in [0.2, 0.25) is 0 Å². The SMILES string of the molecule is CC=CC(=O)C1CC(C(C)C)CC=C1C. The largest absolute Gasteiger partial charge is 0.294 e. The molecular weight excluding hydrogens is 184 g/mol. The van der Waals surface area contributed by atoms with E-state index in [0.29, 0.717) is 11.8 Å². The van der Waals surface area contributed by atoms with E-state index in [1.54, 1.807) is 6.08 Å². The van der Waals surface area contributed by atoms with Crippen LogP contribution in [0.5, 0.6) is 0 Å². The van der Waals surface area contributed by atoms with Gasteiger partial charge in [-0.05, 0) is 44.6 Å². The van der Waals surface area contributed by atoms with Gasteiger partial charge in [0, 0.05) is 5.92 Å². The summed E-state index contributed by atoms with van der Waals surface area (Å²) in [6, 6.07) is 0. The lowest BCUT2D eigenvalue weighted by molar-refractivity contribution is -0.117. The fourth-order valence-corrected chi connectivity index (χ4v) is 2.23. The molecular formula is C14H22O. The molecule has 0 N–H and O–H groups in total. The Morgan fingerprint density at radius 3 is 2.73 bits per heavy atom. The quantitative estimate of drug-likeness (QED) is 0.507. The van der Waals surface area contributed by atoms with Crippen molar-refractivity contribution in [1.29, 1.82) is 0 Å². The minimum absolute atomic E-state index is 0.141. The molecule has 1 heteroatoms. The van der Waals surface area contributed by atoms with Crippen molar-refractivity contribution in [2.45, 2.75) is 40.5 Å². The third-order valence-electron chi connectivity index (χ3n) is 3.45. The van der Waals surface area contributed by atoms with E-state index in [2.05, 4.69) is 26.8 Å². The minimum Gasteiger partial charge on any atom is -0.294 e. The Balaban J connectivity index is 2.76. The number of allylic oxidation sites excluding steroid dienone is 4. The monoisotopic (exact) mass is 206 g/mol. The van der Waals surface area contributed by atoms with Crippen molar-refractivity contribution in [3.8, 4) is 0 Å². The molecule has 0 saturated carbocycles. The highest BCUT2D eigenvalue weighted by atomic mass is 16.1. The number of ketones is 1. The molecule has 0 aromatic heterocycles. The molecule has 2 atom stereocenters. The summed E-state index contributed by atoms with van der Waals surface area (Å²) in [6.07, 6.45) is 7.98. The maximum Gasteiger partial charge on any atom is 0.162 e. The minimum atomic E-state index is 0.141. The lowest BCUT2D eigenvalue weighted by Crippen LogP contribution is -2.24. The van der Waals surface area contributed by atoms with Gasteiger partial charge in [0.25, 0.3) is 0 Å². The molecule has 0 spiro atoms. The van der Waals surface area contributed by atoms with Crippen LogP contribution in [0, 0.1) is 17.8 Å². The van der Waals surface area contributed by atoms with E-state index in [0.717, 1.165) is 12.8 Å². The van der Waals surface area contributed by atoms with Crippen LogP contribution in [0.4, 0.5) is 0 Å². The summed E-state index contributed by atoms with van der Waals surface area (Å²) in [6.45, 7) is 8.48. The average Bonchev–Trinajstić information content (AvgIpc) is 2.18. The van der Waals surface area contributed by atoms with Gasteiger partial charge in [-0.1, -0.05) is 31.6 Å². The van der Waals surface area contributed by atoms with Crippen LogP contribution in [0.1, 0.15) is 40.5 Å². The highest BCUT2D eigenvalue weighted by molar-refractivity contribution is 5.93. The van der Waals surface area contributed by atoms with Gasteiger partial charge in [-0.2, -0.15) is 0 Å². The zero-order valence-electron chi connectivity index (χ0n) is 10.3. The Labute approximate surface area is 93.3 Å². The van der Waals surface area contributed by atoms with Gasteiger partial charge >= 0.3 is 0 Å². The fourth-order valence-electron chi connectivity index (χ4n) is 2.23. The highest BCUT2D eigenvalue weighted by Crippen LogP contribution is 2.33. The van der Waals surface area contributed by atoms with Gasteiger partial charge < -0.3 is 0 Å². The smallest absolute Gasteiger partial charge is 0.162 e. The molecule has 0 amide bonds. The van der Waals surface area contributed by atoms with Crippen LogP contribution in [0.3, 0.4) is 0 Å². The van der Waals surface area contributed by atoms with E-state index >= 15 is 0 Å². The Morgan fingerprint density at radius 1 is 1.53 bits per heavy atom. The molecule has 0 fully saturated rings. The van der Waals surface area contributed by atoms with E-state index in [9.17, 15) is 4.79 Å². The van der Waals surface area contributed by atoms with Crippen molar-refractivity contribution >= 4 is 5.78 Å². The van der Waals surface area contributed by atoms with Crippen molar-refractivity contribution in [3.05, 3.63) is 23.8 Å². The molecule has 15 heavy (non-hydrogen) atoms. The Bertz CT molecular complexity index is 284. The van der Waals surface area contributed by atoms with E-state index in [4.69, 9.17) is 0 Å². The van der Waals surface area contributed by atoms with Crippen molar-refractivity contribution in [2.24, 2.45) is 17.8 Å². The second kappa shape index (κ2) is 5.29. The van der Waals surface area contributed by atoms with Gasteiger partial charge in [-0.3, -0.25) is 4.79 Å². The number of carbonyl (C=O) groups excluding carboxylic acids is 1. The lowest BCUT2D eigenvalue weighted by Gasteiger charge is -2.29. The van der Waals surface area contributed by atoms with Crippen LogP contribution >= 0.6 is 0 Å². The molecule has 2 unspecified atom stereocenters. The summed E-state index contributed by atoms with van der Waals surface area (Å²) in [5.74, 6) is 1.77. The van der Waals surface area contributed by atoms with Gasteiger partial charge in [-0.15, -0.1) is 0 Å². The molecule has 0 aliphatic heterocycles. The normalized spacial score (nSPS) is 27.1. The maximum atomic E-state index is 11.8. The van der Waals surface area contributed by atoms with Crippen LogP contribution in [0.15, 0.2) is 23.8 Å². The summed E-state index contributed by atoms with van der Waals surface area (Å²) in [5, 5.41) is 0. The first kappa shape index (κ1) is 12.2. The standard InChI is InChI=1S/C14H22O/c1-5-6-14(15)13-9-12(10(2)3)8-7-11(13)4/h5-7,10,12-13H,8-9H2,1-4H3. The Kier molecular flexibility index (Phi) is 4.31. The predicted octanol–water partition coefficient (Wildman–Crippen LogP) is 3.76. The third-order valence-corrected chi connectivity index (χ3v) is 3.45. The average molecular weight is 206 g/mol. The van der Waals surface area contributed by atoms with Crippen LogP contribution < -0.4 is 0 Å². The first-order valence-corrected chi connectivity index (χ1v) is 5.89. The van der Waals surface area contributed by atoms with E-state index in [-0.39, 0.29) is 11.7 Å². The topological polar surface area (TPSA) is 17.1 Å². The summed E-state index contributed by atoms with van der Waals surface area (Å²) in [4.78, 5) is 11.8. The van der Waals surface area contributed by atoms with Crippen molar-refractivity contribution in [3.63, 3.8) is 0 Å². The molecule has 0 aromatic rings. The van der Waals surface area contributed by atoms with Crippen LogP contribution in [0.25, 0.3) is 0 Å². The first-order chi connectivity index (χ1) is 7.06. The Morgan fingerprint density at radius 2 is 2.20 bits per heavy atom. The lowest BCUT2D eigenvalue weighted by atomic mass is 9.75. The molecule has 1 aliphatic rings. The van der Waals surface area contributed by atoms with Gasteiger partial charge in [0.05, 0.1) is 0 Å². The number of carbonyl (C=O) groups is 1. The van der Waals surface area contributed by atoms with E-state index < -0.39 is 0 Å². The first-order valence-electron chi connectivity index (χ1n) is 5.89. The molecule has 1 nitrogen and oxygen atoms in total. The third kappa shape index (κ3) is 3.05. The summed E-state index contributed by atoms with van der Waals surface area (Å²) < 4.78 is 0. The molecule has 0 aromatic carbocycles. The second-order valence-corrected chi connectivity index (χ2v) is 4.88. The Hall–Kier alpha value is -0.850. The van der Waals surface area contributed by atoms with Gasteiger partial charge in [0.2, 0.25) is 0 Å².